The number of hydrogen-bond acceptors (Lipinski definition) is 4. The Morgan fingerprint density at radius 1 is 1.13 bits per heavy atom. The van der Waals surface area contributed by atoms with Gasteiger partial charge < -0.3 is 5.11 Å². The van der Waals surface area contributed by atoms with Crippen LogP contribution in [0.5, 0.6) is 0 Å². The van der Waals surface area contributed by atoms with Gasteiger partial charge in [-0.1, -0.05) is 56.3 Å². The maximum absolute atomic E-state index is 13.1. The molecule has 3 aliphatic rings. The van der Waals surface area contributed by atoms with Gasteiger partial charge in [-0.05, 0) is 46.6 Å². The van der Waals surface area contributed by atoms with E-state index in [1.54, 1.807) is 0 Å². The summed E-state index contributed by atoms with van der Waals surface area (Å²) >= 11 is 0. The number of carboxylic acid groups (broad SMARTS) is 1. The lowest BCUT2D eigenvalue weighted by molar-refractivity contribution is -0.151. The molecule has 2 fully saturated rings. The van der Waals surface area contributed by atoms with E-state index in [9.17, 15) is 19.5 Å². The molecule has 31 heavy (non-hydrogen) atoms. The van der Waals surface area contributed by atoms with Crippen LogP contribution in [0.25, 0.3) is 11.1 Å². The molecule has 2 aliphatic heterocycles. The molecule has 0 radical (unpaired) electrons. The van der Waals surface area contributed by atoms with Crippen molar-refractivity contribution < 1.29 is 19.5 Å². The van der Waals surface area contributed by atoms with Gasteiger partial charge in [0.05, 0.1) is 11.8 Å². The number of hydrogen-bond donors (Lipinski definition) is 2. The number of nitrogens with one attached hydrogen (secondary N) is 1. The van der Waals surface area contributed by atoms with E-state index in [2.05, 4.69) is 29.6 Å². The second-order valence-corrected chi connectivity index (χ2v) is 9.49. The van der Waals surface area contributed by atoms with E-state index in [1.165, 1.54) is 29.3 Å². The predicted molar refractivity (Wildman–Crippen MR) is 115 cm³/mol. The summed E-state index contributed by atoms with van der Waals surface area (Å²) in [7, 11) is 1.46. The first-order chi connectivity index (χ1) is 14.7. The van der Waals surface area contributed by atoms with Gasteiger partial charge in [0.15, 0.2) is 0 Å². The number of carbonyl (C=O) groups excluding carboxylic acids is 2. The van der Waals surface area contributed by atoms with Gasteiger partial charge in [-0.25, -0.2) is 0 Å². The van der Waals surface area contributed by atoms with Crippen LogP contribution >= 0.6 is 0 Å². The third kappa shape index (κ3) is 2.71. The summed E-state index contributed by atoms with van der Waals surface area (Å²) in [5, 5.41) is 13.5. The summed E-state index contributed by atoms with van der Waals surface area (Å²) in [5.41, 5.74) is 4.23. The Morgan fingerprint density at radius 3 is 2.55 bits per heavy atom. The molecule has 2 aromatic rings. The predicted octanol–water partition coefficient (Wildman–Crippen LogP) is 3.00. The summed E-state index contributed by atoms with van der Waals surface area (Å²) in [5.74, 6) is -3.34. The zero-order chi connectivity index (χ0) is 22.1. The molecule has 0 bridgehead atoms. The molecule has 2 heterocycles. The molecule has 5 rings (SSSR count). The molecule has 6 nitrogen and oxygen atoms in total. The summed E-state index contributed by atoms with van der Waals surface area (Å²) in [6, 6.07) is 13.9. The Labute approximate surface area is 181 Å². The van der Waals surface area contributed by atoms with Crippen molar-refractivity contribution >= 4 is 17.8 Å². The molecular formula is C25H26N2O4. The molecule has 160 valence electrons. The number of nitrogens with zero attached hydrogens (tertiary/aromatic N) is 1. The van der Waals surface area contributed by atoms with E-state index in [1.807, 2.05) is 32.0 Å². The third-order valence-corrected chi connectivity index (χ3v) is 7.16. The smallest absolute Gasteiger partial charge is 0.324 e. The molecule has 2 amide bonds. The minimum absolute atomic E-state index is 0.0475. The number of likely N-dealkylation sites (tertiary alicyclic amines) is 1. The van der Waals surface area contributed by atoms with Crippen LogP contribution in [0, 0.1) is 17.8 Å². The number of amides is 2. The first kappa shape index (κ1) is 19.9. The van der Waals surface area contributed by atoms with E-state index >= 15 is 0 Å². The average Bonchev–Trinajstić information content (AvgIpc) is 3.34. The van der Waals surface area contributed by atoms with Crippen LogP contribution < -0.4 is 5.32 Å². The Bertz CT molecular complexity index is 1120. The van der Waals surface area contributed by atoms with Crippen LogP contribution in [0.3, 0.4) is 0 Å². The number of rotatable bonds is 4. The number of fused-ring (bicyclic) bond motifs is 4. The van der Waals surface area contributed by atoms with Crippen molar-refractivity contribution in [1.29, 1.82) is 0 Å². The van der Waals surface area contributed by atoms with Gasteiger partial charge in [0.25, 0.3) is 0 Å². The number of imide groups is 1. The summed E-state index contributed by atoms with van der Waals surface area (Å²) in [6.45, 7) is 3.87. The van der Waals surface area contributed by atoms with Crippen LogP contribution in [0.15, 0.2) is 42.5 Å². The average molecular weight is 418 g/mol. The molecule has 4 unspecified atom stereocenters. The monoisotopic (exact) mass is 418 g/mol. The van der Waals surface area contributed by atoms with Gasteiger partial charge in [-0.15, -0.1) is 0 Å². The standard InChI is InChI=1S/C25H26N2O4/c1-13(2)12-25(24(30)31)20-19(22(28)27(3)23(20)29)21(26-25)15-8-9-18-16(11-15)10-14-6-4-5-7-17(14)18/h4-9,11,13,19-21,26H,10,12H2,1-3H3,(H,30,31). The zero-order valence-electron chi connectivity index (χ0n) is 17.9. The highest BCUT2D eigenvalue weighted by atomic mass is 16.4. The van der Waals surface area contributed by atoms with Crippen molar-refractivity contribution in [3.05, 3.63) is 59.2 Å². The van der Waals surface area contributed by atoms with Crippen molar-refractivity contribution in [3.63, 3.8) is 0 Å². The molecule has 2 saturated heterocycles. The Hall–Kier alpha value is -2.99. The fraction of sp³-hybridized carbons (Fsp3) is 0.400. The maximum atomic E-state index is 13.1. The Balaban J connectivity index is 1.60. The normalized spacial score (nSPS) is 28.8. The van der Waals surface area contributed by atoms with Crippen LogP contribution in [0.4, 0.5) is 0 Å². The fourth-order valence-electron chi connectivity index (χ4n) is 5.91. The lowest BCUT2D eigenvalue weighted by Gasteiger charge is -2.32. The van der Waals surface area contributed by atoms with Crippen LogP contribution in [0.2, 0.25) is 0 Å². The van der Waals surface area contributed by atoms with E-state index < -0.39 is 35.3 Å². The quantitative estimate of drug-likeness (QED) is 0.636. The molecular weight excluding hydrogens is 392 g/mol. The molecule has 1 aliphatic carbocycles. The van der Waals surface area contributed by atoms with Gasteiger partial charge in [0.2, 0.25) is 11.8 Å². The molecule has 2 aromatic carbocycles. The molecule has 0 aromatic heterocycles. The van der Waals surface area contributed by atoms with Crippen molar-refractivity contribution in [2.45, 2.75) is 38.3 Å². The van der Waals surface area contributed by atoms with Gasteiger partial charge in [-0.2, -0.15) is 0 Å². The number of aliphatic carboxylic acids is 1. The molecule has 2 N–H and O–H groups in total. The molecule has 0 saturated carbocycles. The minimum atomic E-state index is -1.46. The second-order valence-electron chi connectivity index (χ2n) is 9.49. The van der Waals surface area contributed by atoms with E-state index in [0.717, 1.165) is 16.9 Å². The van der Waals surface area contributed by atoms with Gasteiger partial charge >= 0.3 is 5.97 Å². The van der Waals surface area contributed by atoms with Gasteiger partial charge in [0, 0.05) is 13.1 Å². The topological polar surface area (TPSA) is 86.7 Å². The highest BCUT2D eigenvalue weighted by Gasteiger charge is 2.67. The molecule has 0 spiro atoms. The molecule has 4 atom stereocenters. The van der Waals surface area contributed by atoms with Gasteiger partial charge in [-0.3, -0.25) is 24.6 Å². The number of carbonyl (C=O) groups is 3. The van der Waals surface area contributed by atoms with Crippen molar-refractivity contribution in [1.82, 2.24) is 10.2 Å². The lowest BCUT2D eigenvalue weighted by Crippen LogP contribution is -2.56. The minimum Gasteiger partial charge on any atom is -0.480 e. The van der Waals surface area contributed by atoms with Crippen molar-refractivity contribution in [2.75, 3.05) is 7.05 Å². The van der Waals surface area contributed by atoms with Crippen molar-refractivity contribution in [2.24, 2.45) is 17.8 Å². The van der Waals surface area contributed by atoms with E-state index in [0.29, 0.717) is 0 Å². The summed E-state index contributed by atoms with van der Waals surface area (Å²) < 4.78 is 0. The van der Waals surface area contributed by atoms with Crippen LogP contribution in [0.1, 0.15) is 43.0 Å². The van der Waals surface area contributed by atoms with Crippen LogP contribution in [-0.4, -0.2) is 40.4 Å². The highest BCUT2D eigenvalue weighted by Crippen LogP contribution is 2.51. The third-order valence-electron chi connectivity index (χ3n) is 7.16. The largest absolute Gasteiger partial charge is 0.480 e. The van der Waals surface area contributed by atoms with Crippen LogP contribution in [-0.2, 0) is 20.8 Å². The van der Waals surface area contributed by atoms with Gasteiger partial charge in [0.1, 0.15) is 5.54 Å². The Kier molecular flexibility index (Phi) is 4.35. The second kappa shape index (κ2) is 6.76. The first-order valence-electron chi connectivity index (χ1n) is 10.8. The highest BCUT2D eigenvalue weighted by molar-refractivity contribution is 6.09. The number of benzene rings is 2. The van der Waals surface area contributed by atoms with E-state index in [-0.39, 0.29) is 18.2 Å². The maximum Gasteiger partial charge on any atom is 0.324 e. The molecule has 6 heteroatoms. The lowest BCUT2D eigenvalue weighted by atomic mass is 9.75. The summed E-state index contributed by atoms with van der Waals surface area (Å²) in [6.07, 6.45) is 1.09. The first-order valence-corrected chi connectivity index (χ1v) is 10.8. The Morgan fingerprint density at radius 2 is 1.84 bits per heavy atom. The zero-order valence-corrected chi connectivity index (χ0v) is 17.9. The van der Waals surface area contributed by atoms with E-state index in [4.69, 9.17) is 0 Å². The summed E-state index contributed by atoms with van der Waals surface area (Å²) in [4.78, 5) is 39.7. The number of carboxylic acids is 1. The fourth-order valence-corrected chi connectivity index (χ4v) is 5.91. The SMILES string of the molecule is CC(C)CC1(C(=O)O)NC(c2ccc3c(c2)Cc2ccccc2-3)C2C(=O)N(C)C(=O)C21. The van der Waals surface area contributed by atoms with Crippen molar-refractivity contribution in [3.8, 4) is 11.1 Å².